The van der Waals surface area contributed by atoms with Crippen molar-refractivity contribution in [2.24, 2.45) is 5.14 Å². The second-order valence-electron chi connectivity index (χ2n) is 5.78. The Labute approximate surface area is 148 Å². The van der Waals surface area contributed by atoms with Gasteiger partial charge in [-0.25, -0.2) is 13.6 Å². The molecule has 0 saturated heterocycles. The number of carbonyl (C=O) groups excluding carboxylic acids is 1. The van der Waals surface area contributed by atoms with Crippen molar-refractivity contribution in [2.45, 2.75) is 24.3 Å². The van der Waals surface area contributed by atoms with E-state index in [1.807, 2.05) is 31.2 Å². The minimum absolute atomic E-state index is 0.0476. The van der Waals surface area contributed by atoms with Crippen molar-refractivity contribution in [1.82, 2.24) is 4.90 Å². The minimum atomic E-state index is -3.72. The molecule has 1 unspecified atom stereocenters. The molecule has 0 aromatic heterocycles. The van der Waals surface area contributed by atoms with Crippen LogP contribution in [0.3, 0.4) is 0 Å². The summed E-state index contributed by atoms with van der Waals surface area (Å²) >= 11 is 0. The molecule has 0 fully saturated rings. The highest BCUT2D eigenvalue weighted by molar-refractivity contribution is 7.89. The average Bonchev–Trinajstić information content (AvgIpc) is 2.60. The lowest BCUT2D eigenvalue weighted by molar-refractivity contribution is -0.131. The first-order chi connectivity index (χ1) is 11.7. The summed E-state index contributed by atoms with van der Waals surface area (Å²) in [6.45, 7) is 1.88. The fourth-order valence-electron chi connectivity index (χ4n) is 2.51. The number of amides is 1. The largest absolute Gasteiger partial charge is 0.496 e. The second-order valence-corrected chi connectivity index (χ2v) is 7.34. The normalized spacial score (nSPS) is 12.5. The molecule has 0 bridgehead atoms. The van der Waals surface area contributed by atoms with Gasteiger partial charge in [0.25, 0.3) is 0 Å². The van der Waals surface area contributed by atoms with Gasteiger partial charge in [0.15, 0.2) is 0 Å². The number of carbonyl (C=O) groups is 1. The predicted molar refractivity (Wildman–Crippen MR) is 95.7 cm³/mol. The Kier molecular flexibility index (Phi) is 5.81. The van der Waals surface area contributed by atoms with Crippen LogP contribution in [-0.2, 0) is 21.2 Å². The molecule has 0 heterocycles. The Morgan fingerprint density at radius 2 is 1.76 bits per heavy atom. The molecule has 2 N–H and O–H groups in total. The molecular formula is C18H22N2O4S. The summed E-state index contributed by atoms with van der Waals surface area (Å²) in [7, 11) is -0.434. The van der Waals surface area contributed by atoms with E-state index in [9.17, 15) is 13.2 Å². The molecule has 25 heavy (non-hydrogen) atoms. The first kappa shape index (κ1) is 19.0. The molecule has 134 valence electrons. The van der Waals surface area contributed by atoms with Gasteiger partial charge < -0.3 is 9.64 Å². The van der Waals surface area contributed by atoms with E-state index in [2.05, 4.69) is 0 Å². The zero-order valence-electron chi connectivity index (χ0n) is 14.5. The van der Waals surface area contributed by atoms with E-state index < -0.39 is 10.0 Å². The van der Waals surface area contributed by atoms with Crippen molar-refractivity contribution >= 4 is 15.9 Å². The summed E-state index contributed by atoms with van der Waals surface area (Å²) in [5.74, 6) is 0.613. The number of para-hydroxylation sites is 1. The van der Waals surface area contributed by atoms with Gasteiger partial charge in [0.05, 0.1) is 24.5 Å². The third-order valence-corrected chi connectivity index (χ3v) is 5.13. The Bertz CT molecular complexity index is 848. The van der Waals surface area contributed by atoms with Gasteiger partial charge in [-0.15, -0.1) is 0 Å². The van der Waals surface area contributed by atoms with Crippen molar-refractivity contribution in [3.8, 4) is 5.75 Å². The molecule has 0 radical (unpaired) electrons. The fourth-order valence-corrected chi connectivity index (χ4v) is 3.03. The predicted octanol–water partition coefficient (Wildman–Crippen LogP) is 2.10. The van der Waals surface area contributed by atoms with Crippen LogP contribution in [0.4, 0.5) is 0 Å². The molecule has 2 aromatic rings. The van der Waals surface area contributed by atoms with Crippen LogP contribution < -0.4 is 9.88 Å². The van der Waals surface area contributed by atoms with Crippen molar-refractivity contribution in [1.29, 1.82) is 0 Å². The van der Waals surface area contributed by atoms with Gasteiger partial charge in [0.1, 0.15) is 5.75 Å². The molecule has 0 saturated carbocycles. The van der Waals surface area contributed by atoms with Crippen molar-refractivity contribution in [3.05, 3.63) is 59.7 Å². The van der Waals surface area contributed by atoms with Gasteiger partial charge in [0.2, 0.25) is 15.9 Å². The number of hydrogen-bond acceptors (Lipinski definition) is 4. The lowest BCUT2D eigenvalue weighted by Gasteiger charge is -2.26. The van der Waals surface area contributed by atoms with Crippen LogP contribution in [0.25, 0.3) is 0 Å². The smallest absolute Gasteiger partial charge is 0.238 e. The van der Waals surface area contributed by atoms with Crippen molar-refractivity contribution in [3.63, 3.8) is 0 Å². The second kappa shape index (κ2) is 7.67. The Balaban J connectivity index is 2.13. The number of benzene rings is 2. The minimum Gasteiger partial charge on any atom is -0.496 e. The highest BCUT2D eigenvalue weighted by Crippen LogP contribution is 2.23. The van der Waals surface area contributed by atoms with Crippen LogP contribution in [0.1, 0.15) is 24.1 Å². The number of sulfonamides is 1. The summed E-state index contributed by atoms with van der Waals surface area (Å²) in [5.41, 5.74) is 1.64. The van der Waals surface area contributed by atoms with Crippen molar-refractivity contribution < 1.29 is 17.9 Å². The molecule has 0 spiro atoms. The Morgan fingerprint density at radius 1 is 1.16 bits per heavy atom. The molecule has 0 aliphatic heterocycles. The maximum Gasteiger partial charge on any atom is 0.238 e. The average molecular weight is 362 g/mol. The molecule has 1 atom stereocenters. The van der Waals surface area contributed by atoms with Gasteiger partial charge in [-0.2, -0.15) is 0 Å². The highest BCUT2D eigenvalue weighted by Gasteiger charge is 2.19. The molecule has 7 heteroatoms. The van der Waals surface area contributed by atoms with Crippen LogP contribution in [0.15, 0.2) is 53.4 Å². The number of hydrogen-bond donors (Lipinski definition) is 1. The summed E-state index contributed by atoms with van der Waals surface area (Å²) in [4.78, 5) is 14.2. The van der Waals surface area contributed by atoms with Gasteiger partial charge in [0, 0.05) is 12.6 Å². The molecule has 6 nitrogen and oxygen atoms in total. The molecule has 0 aliphatic carbocycles. The lowest BCUT2D eigenvalue weighted by atomic mass is 10.1. The van der Waals surface area contributed by atoms with Crippen LogP contribution in [-0.4, -0.2) is 33.4 Å². The zero-order chi connectivity index (χ0) is 18.6. The fraction of sp³-hybridized carbons (Fsp3) is 0.278. The summed E-state index contributed by atoms with van der Waals surface area (Å²) in [6, 6.07) is 13.4. The summed E-state index contributed by atoms with van der Waals surface area (Å²) < 4.78 is 27.9. The van der Waals surface area contributed by atoms with Crippen LogP contribution in [0.5, 0.6) is 5.75 Å². The Hall–Kier alpha value is -2.38. The highest BCUT2D eigenvalue weighted by atomic mass is 32.2. The Morgan fingerprint density at radius 3 is 2.32 bits per heavy atom. The third-order valence-electron chi connectivity index (χ3n) is 4.20. The number of methoxy groups -OCH3 is 1. The number of nitrogens with two attached hydrogens (primary N) is 1. The maximum atomic E-state index is 12.6. The van der Waals surface area contributed by atoms with E-state index in [1.54, 1.807) is 31.2 Å². The number of nitrogens with zero attached hydrogens (tertiary/aromatic N) is 1. The summed E-state index contributed by atoms with van der Waals surface area (Å²) in [5, 5.41) is 5.10. The first-order valence-corrected chi connectivity index (χ1v) is 9.29. The van der Waals surface area contributed by atoms with Gasteiger partial charge in [-0.1, -0.05) is 30.3 Å². The zero-order valence-corrected chi connectivity index (χ0v) is 15.3. The van der Waals surface area contributed by atoms with Gasteiger partial charge in [-0.3, -0.25) is 4.79 Å². The lowest BCUT2D eigenvalue weighted by Crippen LogP contribution is -2.31. The van der Waals surface area contributed by atoms with E-state index in [-0.39, 0.29) is 23.3 Å². The van der Waals surface area contributed by atoms with Crippen molar-refractivity contribution in [2.75, 3.05) is 14.2 Å². The molecular weight excluding hydrogens is 340 g/mol. The topological polar surface area (TPSA) is 89.7 Å². The van der Waals surface area contributed by atoms with Crippen LogP contribution in [0, 0.1) is 0 Å². The molecule has 2 rings (SSSR count). The van der Waals surface area contributed by atoms with Crippen LogP contribution >= 0.6 is 0 Å². The van der Waals surface area contributed by atoms with E-state index in [0.29, 0.717) is 5.75 Å². The SMILES string of the molecule is COc1ccccc1CC(=O)N(C)C(C)c1ccc(S(N)(=O)=O)cc1. The number of ether oxygens (including phenoxy) is 1. The van der Waals surface area contributed by atoms with Gasteiger partial charge >= 0.3 is 0 Å². The maximum absolute atomic E-state index is 12.6. The third kappa shape index (κ3) is 4.58. The first-order valence-electron chi connectivity index (χ1n) is 7.74. The van der Waals surface area contributed by atoms with E-state index in [1.165, 1.54) is 12.1 Å². The molecule has 2 aromatic carbocycles. The quantitative estimate of drug-likeness (QED) is 0.852. The summed E-state index contributed by atoms with van der Waals surface area (Å²) in [6.07, 6.45) is 0.222. The number of rotatable bonds is 6. The van der Waals surface area contributed by atoms with Gasteiger partial charge in [-0.05, 0) is 30.7 Å². The number of primary sulfonamides is 1. The van der Waals surface area contributed by atoms with E-state index >= 15 is 0 Å². The van der Waals surface area contributed by atoms with E-state index in [0.717, 1.165) is 11.1 Å². The monoisotopic (exact) mass is 362 g/mol. The standard InChI is InChI=1S/C18H22N2O4S/c1-13(14-8-10-16(11-9-14)25(19,22)23)20(2)18(21)12-15-6-4-5-7-17(15)24-3/h4-11,13H,12H2,1-3H3,(H2,19,22,23). The number of likely N-dealkylation sites (N-methyl/N-ethyl adjacent to an activating group) is 1. The van der Waals surface area contributed by atoms with Crippen LogP contribution in [0.2, 0.25) is 0 Å². The molecule has 1 amide bonds. The van der Waals surface area contributed by atoms with E-state index in [4.69, 9.17) is 9.88 Å². The molecule has 0 aliphatic rings.